The molecule has 2 aliphatic heterocycles. The lowest BCUT2D eigenvalue weighted by Crippen LogP contribution is -2.55. The van der Waals surface area contributed by atoms with Gasteiger partial charge in [0.2, 0.25) is 0 Å². The molecular weight excluding hydrogens is 278 g/mol. The second-order valence-electron chi connectivity index (χ2n) is 5.30. The van der Waals surface area contributed by atoms with E-state index in [2.05, 4.69) is 12.3 Å². The molecule has 2 amide bonds. The van der Waals surface area contributed by atoms with E-state index in [0.29, 0.717) is 5.75 Å². The molecule has 7 heteroatoms. The van der Waals surface area contributed by atoms with Crippen molar-refractivity contribution in [2.75, 3.05) is 18.8 Å². The number of rotatable bonds is 4. The van der Waals surface area contributed by atoms with Crippen molar-refractivity contribution in [2.45, 2.75) is 50.4 Å². The molecule has 2 aliphatic rings. The molecule has 2 unspecified atom stereocenters. The minimum Gasteiger partial charge on any atom is -0.480 e. The number of aliphatic carboxylic acids is 1. The highest BCUT2D eigenvalue weighted by Crippen LogP contribution is 2.32. The van der Waals surface area contributed by atoms with E-state index in [1.807, 2.05) is 5.01 Å². The van der Waals surface area contributed by atoms with Gasteiger partial charge in [0.05, 0.1) is 5.37 Å². The van der Waals surface area contributed by atoms with Gasteiger partial charge in [-0.3, -0.25) is 10.3 Å². The monoisotopic (exact) mass is 301 g/mol. The molecule has 2 rings (SSSR count). The topological polar surface area (TPSA) is 72.9 Å². The maximum atomic E-state index is 12.4. The molecule has 0 saturated carbocycles. The summed E-state index contributed by atoms with van der Waals surface area (Å²) in [6.45, 7) is 3.75. The molecule has 2 atom stereocenters. The second-order valence-corrected chi connectivity index (χ2v) is 6.51. The first kappa shape index (κ1) is 15.4. The lowest BCUT2D eigenvalue weighted by atomic mass is 10.2. The number of carboxylic acids is 1. The number of carboxylic acid groups (broad SMARTS) is 1. The Morgan fingerprint density at radius 1 is 1.30 bits per heavy atom. The molecule has 0 aromatic carbocycles. The van der Waals surface area contributed by atoms with Crippen LogP contribution < -0.4 is 5.43 Å². The molecule has 2 heterocycles. The number of piperidine rings is 1. The van der Waals surface area contributed by atoms with Crippen LogP contribution in [0.25, 0.3) is 0 Å². The van der Waals surface area contributed by atoms with Gasteiger partial charge < -0.3 is 5.11 Å². The van der Waals surface area contributed by atoms with E-state index in [0.717, 1.165) is 38.8 Å². The van der Waals surface area contributed by atoms with Crippen LogP contribution >= 0.6 is 11.8 Å². The van der Waals surface area contributed by atoms with Gasteiger partial charge >= 0.3 is 12.0 Å². The van der Waals surface area contributed by atoms with Gasteiger partial charge in [0.15, 0.2) is 0 Å². The molecule has 20 heavy (non-hydrogen) atoms. The van der Waals surface area contributed by atoms with E-state index in [9.17, 15) is 14.7 Å². The lowest BCUT2D eigenvalue weighted by Gasteiger charge is -2.32. The molecule has 0 aliphatic carbocycles. The highest BCUT2D eigenvalue weighted by molar-refractivity contribution is 8.00. The quantitative estimate of drug-likeness (QED) is 0.827. The summed E-state index contributed by atoms with van der Waals surface area (Å²) >= 11 is 1.57. The van der Waals surface area contributed by atoms with E-state index < -0.39 is 12.0 Å². The number of hydrogen-bond donors (Lipinski definition) is 2. The number of nitrogens with one attached hydrogen (secondary N) is 1. The predicted molar refractivity (Wildman–Crippen MR) is 78.4 cm³/mol. The minimum absolute atomic E-state index is 0.0223. The smallest absolute Gasteiger partial charge is 0.333 e. The van der Waals surface area contributed by atoms with Gasteiger partial charge in [0.25, 0.3) is 0 Å². The Morgan fingerprint density at radius 3 is 2.60 bits per heavy atom. The summed E-state index contributed by atoms with van der Waals surface area (Å²) in [5, 5.41) is 11.2. The van der Waals surface area contributed by atoms with E-state index in [4.69, 9.17) is 0 Å². The Labute approximate surface area is 123 Å². The van der Waals surface area contributed by atoms with Crippen molar-refractivity contribution < 1.29 is 14.7 Å². The van der Waals surface area contributed by atoms with Crippen molar-refractivity contribution in [3.05, 3.63) is 0 Å². The highest BCUT2D eigenvalue weighted by atomic mass is 32.2. The van der Waals surface area contributed by atoms with Crippen molar-refractivity contribution in [3.63, 3.8) is 0 Å². The van der Waals surface area contributed by atoms with Gasteiger partial charge in [0.1, 0.15) is 6.04 Å². The fourth-order valence-corrected chi connectivity index (χ4v) is 4.21. The standard InChI is InChI=1S/C13H23N3O3S/c1-2-6-11-16(10(9-20-11)12(17)18)13(19)14-15-7-4-3-5-8-15/h10-11H,2-9H2,1H3,(H,14,19)(H,17,18). The zero-order valence-electron chi connectivity index (χ0n) is 11.9. The van der Waals surface area contributed by atoms with Crippen LogP contribution in [-0.2, 0) is 4.79 Å². The van der Waals surface area contributed by atoms with Crippen LogP contribution in [0.2, 0.25) is 0 Å². The fraction of sp³-hybridized carbons (Fsp3) is 0.846. The Balaban J connectivity index is 2.00. The molecule has 114 valence electrons. The molecule has 0 radical (unpaired) electrons. The third-order valence-corrected chi connectivity index (χ3v) is 5.11. The molecule has 2 saturated heterocycles. The molecule has 0 spiro atoms. The van der Waals surface area contributed by atoms with Gasteiger partial charge in [-0.05, 0) is 19.3 Å². The van der Waals surface area contributed by atoms with Gasteiger partial charge in [0, 0.05) is 18.8 Å². The van der Waals surface area contributed by atoms with Crippen LogP contribution in [-0.4, -0.2) is 57.3 Å². The van der Waals surface area contributed by atoms with Gasteiger partial charge in [-0.25, -0.2) is 14.6 Å². The number of amides is 2. The first-order valence-corrected chi connectivity index (χ1v) is 8.36. The third kappa shape index (κ3) is 3.58. The summed E-state index contributed by atoms with van der Waals surface area (Å²) in [5.41, 5.74) is 2.88. The number of thioether (sulfide) groups is 1. The second kappa shape index (κ2) is 7.17. The average Bonchev–Trinajstić information content (AvgIpc) is 2.84. The predicted octanol–water partition coefficient (Wildman–Crippen LogP) is 1.73. The summed E-state index contributed by atoms with van der Waals surface area (Å²) in [4.78, 5) is 25.2. The van der Waals surface area contributed by atoms with Crippen LogP contribution in [0.4, 0.5) is 4.79 Å². The summed E-state index contributed by atoms with van der Waals surface area (Å²) in [7, 11) is 0. The maximum absolute atomic E-state index is 12.4. The molecule has 0 aromatic heterocycles. The Kier molecular flexibility index (Phi) is 5.54. The van der Waals surface area contributed by atoms with Gasteiger partial charge in [-0.2, -0.15) is 0 Å². The Morgan fingerprint density at radius 2 is 2.00 bits per heavy atom. The molecule has 0 aromatic rings. The summed E-state index contributed by atoms with van der Waals surface area (Å²) in [6, 6.07) is -0.968. The van der Waals surface area contributed by atoms with Crippen LogP contribution in [0, 0.1) is 0 Å². The molecule has 2 fully saturated rings. The van der Waals surface area contributed by atoms with Crippen LogP contribution in [0.5, 0.6) is 0 Å². The number of hydrogen-bond acceptors (Lipinski definition) is 4. The molecular formula is C13H23N3O3S. The number of nitrogens with zero attached hydrogens (tertiary/aromatic N) is 2. The summed E-state index contributed by atoms with van der Waals surface area (Å²) in [6.07, 6.45) is 5.13. The number of carbonyl (C=O) groups excluding carboxylic acids is 1. The van der Waals surface area contributed by atoms with Crippen molar-refractivity contribution in [3.8, 4) is 0 Å². The van der Waals surface area contributed by atoms with Gasteiger partial charge in [-0.1, -0.05) is 19.8 Å². The molecule has 2 N–H and O–H groups in total. The number of urea groups is 1. The SMILES string of the molecule is CCCC1SCC(C(=O)O)N1C(=O)NN1CCCCC1. The molecule has 6 nitrogen and oxygen atoms in total. The van der Waals surface area contributed by atoms with E-state index in [-0.39, 0.29) is 11.4 Å². The first-order valence-electron chi connectivity index (χ1n) is 7.31. The largest absolute Gasteiger partial charge is 0.480 e. The van der Waals surface area contributed by atoms with Crippen LogP contribution in [0.15, 0.2) is 0 Å². The highest BCUT2D eigenvalue weighted by Gasteiger charge is 2.41. The Bertz CT molecular complexity index is 361. The minimum atomic E-state index is -0.912. The van der Waals surface area contributed by atoms with Crippen molar-refractivity contribution in [2.24, 2.45) is 0 Å². The molecule has 0 bridgehead atoms. The van der Waals surface area contributed by atoms with E-state index >= 15 is 0 Å². The summed E-state index contributed by atoms with van der Waals surface area (Å²) in [5.74, 6) is -0.433. The average molecular weight is 301 g/mol. The third-order valence-electron chi connectivity index (χ3n) is 3.76. The number of hydrazine groups is 1. The van der Waals surface area contributed by atoms with Crippen LogP contribution in [0.3, 0.4) is 0 Å². The van der Waals surface area contributed by atoms with Gasteiger partial charge in [-0.15, -0.1) is 11.8 Å². The lowest BCUT2D eigenvalue weighted by molar-refractivity contribution is -0.141. The Hall–Kier alpha value is -0.950. The van der Waals surface area contributed by atoms with Crippen molar-refractivity contribution >= 4 is 23.8 Å². The van der Waals surface area contributed by atoms with E-state index in [1.165, 1.54) is 11.3 Å². The van der Waals surface area contributed by atoms with Crippen LogP contribution in [0.1, 0.15) is 39.0 Å². The zero-order chi connectivity index (χ0) is 14.5. The summed E-state index contributed by atoms with van der Waals surface area (Å²) < 4.78 is 0. The van der Waals surface area contributed by atoms with Crippen molar-refractivity contribution in [1.82, 2.24) is 15.3 Å². The fourth-order valence-electron chi connectivity index (χ4n) is 2.69. The maximum Gasteiger partial charge on any atom is 0.333 e. The number of carbonyl (C=O) groups is 2. The zero-order valence-corrected chi connectivity index (χ0v) is 12.7. The van der Waals surface area contributed by atoms with E-state index in [1.54, 1.807) is 11.8 Å². The van der Waals surface area contributed by atoms with Crippen molar-refractivity contribution in [1.29, 1.82) is 0 Å². The first-order chi connectivity index (χ1) is 9.63. The normalized spacial score (nSPS) is 27.6.